The summed E-state index contributed by atoms with van der Waals surface area (Å²) in [4.78, 5) is 8.88. The lowest BCUT2D eigenvalue weighted by atomic mass is 10.2. The molecule has 0 saturated heterocycles. The second-order valence-electron chi connectivity index (χ2n) is 7.74. The van der Waals surface area contributed by atoms with Crippen LogP contribution in [0.5, 0.6) is 0 Å². The predicted molar refractivity (Wildman–Crippen MR) is 122 cm³/mol. The number of rotatable bonds is 8. The molecule has 5 rings (SSSR count). The van der Waals surface area contributed by atoms with Crippen LogP contribution in [-0.4, -0.2) is 50.9 Å². The number of aromatic nitrogens is 9. The van der Waals surface area contributed by atoms with Crippen LogP contribution < -0.4 is 5.32 Å². The summed E-state index contributed by atoms with van der Waals surface area (Å²) in [5.74, 6) is 0.456. The van der Waals surface area contributed by atoms with Gasteiger partial charge in [-0.25, -0.2) is 23.4 Å². The van der Waals surface area contributed by atoms with E-state index in [9.17, 15) is 8.78 Å². The molecular weight excluding hydrogens is 456 g/mol. The van der Waals surface area contributed by atoms with E-state index >= 15 is 0 Å². The third kappa shape index (κ3) is 4.54. The molecule has 11 nitrogen and oxygen atoms in total. The first kappa shape index (κ1) is 22.1. The van der Waals surface area contributed by atoms with E-state index in [1.807, 2.05) is 6.20 Å². The summed E-state index contributed by atoms with van der Waals surface area (Å²) in [6.45, 7) is 1.55. The second kappa shape index (κ2) is 9.26. The van der Waals surface area contributed by atoms with Crippen molar-refractivity contribution < 1.29 is 8.78 Å². The fourth-order valence-corrected chi connectivity index (χ4v) is 3.60. The molecule has 0 fully saturated rings. The summed E-state index contributed by atoms with van der Waals surface area (Å²) >= 11 is 0. The van der Waals surface area contributed by atoms with Gasteiger partial charge in [-0.1, -0.05) is 18.6 Å². The van der Waals surface area contributed by atoms with Gasteiger partial charge in [0.05, 0.1) is 47.4 Å². The van der Waals surface area contributed by atoms with Crippen molar-refractivity contribution in [3.63, 3.8) is 0 Å². The molecule has 1 N–H and O–H groups in total. The molecule has 0 aliphatic heterocycles. The first-order valence-electron chi connectivity index (χ1n) is 10.8. The van der Waals surface area contributed by atoms with Gasteiger partial charge in [-0.2, -0.15) is 20.1 Å². The Labute approximate surface area is 197 Å². The third-order valence-corrected chi connectivity index (χ3v) is 5.15. The SMILES string of the molecule is CCCc1cn(-c2cnc(-n3ncc4cc(C#N)cnc43)cc2Nc2cnn(CC(F)F)c2)nn1. The van der Waals surface area contributed by atoms with Gasteiger partial charge in [-0.3, -0.25) is 4.68 Å². The number of nitrogens with zero attached hydrogens (tertiary/aromatic N) is 10. The first-order valence-corrected chi connectivity index (χ1v) is 10.8. The zero-order valence-electron chi connectivity index (χ0n) is 18.5. The number of aryl methyl sites for hydroxylation is 1. The monoisotopic (exact) mass is 475 g/mol. The zero-order chi connectivity index (χ0) is 24.4. The molecule has 35 heavy (non-hydrogen) atoms. The Bertz CT molecular complexity index is 1530. The highest BCUT2D eigenvalue weighted by Gasteiger charge is 2.15. The maximum absolute atomic E-state index is 12.8. The minimum Gasteiger partial charge on any atom is -0.351 e. The number of hydrogen-bond acceptors (Lipinski definition) is 8. The van der Waals surface area contributed by atoms with Gasteiger partial charge in [0.25, 0.3) is 6.43 Å². The van der Waals surface area contributed by atoms with Gasteiger partial charge in [-0.05, 0) is 12.5 Å². The highest BCUT2D eigenvalue weighted by molar-refractivity contribution is 5.78. The lowest BCUT2D eigenvalue weighted by Gasteiger charge is -2.12. The Kier molecular flexibility index (Phi) is 5.84. The number of hydrogen-bond donors (Lipinski definition) is 1. The molecule has 176 valence electrons. The lowest BCUT2D eigenvalue weighted by molar-refractivity contribution is 0.122. The topological polar surface area (TPSA) is 128 Å². The number of alkyl halides is 2. The molecule has 0 amide bonds. The molecule has 0 atom stereocenters. The van der Waals surface area contributed by atoms with Crippen LogP contribution in [0.3, 0.4) is 0 Å². The molecule has 0 radical (unpaired) electrons. The Morgan fingerprint density at radius 1 is 1.09 bits per heavy atom. The van der Waals surface area contributed by atoms with Crippen LogP contribution in [0.15, 0.2) is 49.3 Å². The Morgan fingerprint density at radius 2 is 1.97 bits per heavy atom. The van der Waals surface area contributed by atoms with E-state index in [1.54, 1.807) is 33.9 Å². The van der Waals surface area contributed by atoms with E-state index < -0.39 is 13.0 Å². The lowest BCUT2D eigenvalue weighted by Crippen LogP contribution is -2.07. The number of pyridine rings is 2. The van der Waals surface area contributed by atoms with E-state index in [2.05, 4.69) is 48.8 Å². The quantitative estimate of drug-likeness (QED) is 0.362. The van der Waals surface area contributed by atoms with Crippen molar-refractivity contribution in [1.82, 2.24) is 44.5 Å². The molecule has 13 heteroatoms. The van der Waals surface area contributed by atoms with E-state index in [1.165, 1.54) is 23.3 Å². The van der Waals surface area contributed by atoms with Gasteiger partial charge in [-0.15, -0.1) is 5.10 Å². The van der Waals surface area contributed by atoms with Gasteiger partial charge < -0.3 is 5.32 Å². The van der Waals surface area contributed by atoms with E-state index in [0.29, 0.717) is 39.5 Å². The fourth-order valence-electron chi connectivity index (χ4n) is 3.60. The molecule has 0 saturated carbocycles. The summed E-state index contributed by atoms with van der Waals surface area (Å²) in [7, 11) is 0. The average molecular weight is 475 g/mol. The van der Waals surface area contributed by atoms with Crippen molar-refractivity contribution in [3.8, 4) is 17.6 Å². The van der Waals surface area contributed by atoms with E-state index in [4.69, 9.17) is 5.26 Å². The average Bonchev–Trinajstić information content (AvgIpc) is 3.59. The minimum absolute atomic E-state index is 0.428. The highest BCUT2D eigenvalue weighted by atomic mass is 19.3. The van der Waals surface area contributed by atoms with Gasteiger partial charge >= 0.3 is 0 Å². The van der Waals surface area contributed by atoms with Crippen LogP contribution in [0.25, 0.3) is 22.5 Å². The van der Waals surface area contributed by atoms with Crippen molar-refractivity contribution in [1.29, 1.82) is 5.26 Å². The minimum atomic E-state index is -2.51. The fraction of sp³-hybridized carbons (Fsp3) is 0.227. The third-order valence-electron chi connectivity index (χ3n) is 5.15. The Balaban J connectivity index is 1.56. The number of nitriles is 1. The number of anilines is 2. The molecule has 0 aliphatic rings. The summed E-state index contributed by atoms with van der Waals surface area (Å²) in [6, 6.07) is 5.50. The highest BCUT2D eigenvalue weighted by Crippen LogP contribution is 2.27. The van der Waals surface area contributed by atoms with E-state index in [-0.39, 0.29) is 0 Å². The van der Waals surface area contributed by atoms with Crippen molar-refractivity contribution in [3.05, 3.63) is 60.6 Å². The molecule has 5 heterocycles. The molecule has 5 aromatic rings. The maximum Gasteiger partial charge on any atom is 0.257 e. The maximum atomic E-state index is 12.8. The van der Waals surface area contributed by atoms with Crippen molar-refractivity contribution in [2.45, 2.75) is 32.7 Å². The van der Waals surface area contributed by atoms with Gasteiger partial charge in [0, 0.05) is 23.8 Å². The Morgan fingerprint density at radius 3 is 2.77 bits per heavy atom. The molecule has 0 aromatic carbocycles. The normalized spacial score (nSPS) is 11.3. The molecule has 5 aromatic heterocycles. The van der Waals surface area contributed by atoms with Crippen LogP contribution in [0.1, 0.15) is 24.6 Å². The van der Waals surface area contributed by atoms with Crippen molar-refractivity contribution >= 4 is 22.4 Å². The molecule has 0 spiro atoms. The van der Waals surface area contributed by atoms with Crippen LogP contribution in [0.4, 0.5) is 20.2 Å². The molecule has 0 unspecified atom stereocenters. The van der Waals surface area contributed by atoms with Crippen molar-refractivity contribution in [2.24, 2.45) is 0 Å². The smallest absolute Gasteiger partial charge is 0.257 e. The summed E-state index contributed by atoms with van der Waals surface area (Å²) < 4.78 is 29.8. The number of fused-ring (bicyclic) bond motifs is 1. The predicted octanol–water partition coefficient (Wildman–Crippen LogP) is 3.43. The number of nitrogens with one attached hydrogen (secondary N) is 1. The van der Waals surface area contributed by atoms with Gasteiger partial charge in [0.2, 0.25) is 0 Å². The van der Waals surface area contributed by atoms with Crippen LogP contribution in [0.2, 0.25) is 0 Å². The standard InChI is InChI=1S/C22H19F2N11/c1-2-3-16-12-34(32-31-16)19-10-26-21(35-22-15(8-29-35)4-14(6-25)7-27-22)5-18(19)30-17-9-28-33(11-17)13-20(23)24/h4-5,7-12,20H,2-3,13H2,1H3,(H,26,30). The zero-order valence-corrected chi connectivity index (χ0v) is 18.5. The first-order chi connectivity index (χ1) is 17.0. The van der Waals surface area contributed by atoms with Crippen LogP contribution >= 0.6 is 0 Å². The van der Waals surface area contributed by atoms with Crippen LogP contribution in [-0.2, 0) is 13.0 Å². The van der Waals surface area contributed by atoms with Crippen LogP contribution in [0, 0.1) is 11.3 Å². The molecule has 0 aliphatic carbocycles. The van der Waals surface area contributed by atoms with Gasteiger partial charge in [0.1, 0.15) is 18.3 Å². The van der Waals surface area contributed by atoms with Gasteiger partial charge in [0.15, 0.2) is 11.5 Å². The van der Waals surface area contributed by atoms with E-state index in [0.717, 1.165) is 18.5 Å². The number of halogens is 2. The summed E-state index contributed by atoms with van der Waals surface area (Å²) in [5, 5.41) is 29.8. The Hall–Kier alpha value is -4.73. The summed E-state index contributed by atoms with van der Waals surface area (Å²) in [5.41, 5.74) is 3.49. The summed E-state index contributed by atoms with van der Waals surface area (Å²) in [6.07, 6.45) is 8.66. The second-order valence-corrected chi connectivity index (χ2v) is 7.74. The molecule has 0 bridgehead atoms. The van der Waals surface area contributed by atoms with Crippen molar-refractivity contribution in [2.75, 3.05) is 5.32 Å². The molecular formula is C22H19F2N11. The largest absolute Gasteiger partial charge is 0.351 e.